The SMILES string of the molecule is CCSCCC(C)NC(=O)NC1COCC1C(=O)O. The number of amides is 2. The van der Waals surface area contributed by atoms with Crippen LogP contribution in [0.2, 0.25) is 0 Å². The van der Waals surface area contributed by atoms with Crippen molar-refractivity contribution in [2.75, 3.05) is 24.7 Å². The molecule has 0 aromatic heterocycles. The Morgan fingerprint density at radius 1 is 1.47 bits per heavy atom. The third-order valence-corrected chi connectivity index (χ3v) is 3.92. The number of carbonyl (C=O) groups excluding carboxylic acids is 1. The number of hydrogen-bond donors (Lipinski definition) is 3. The summed E-state index contributed by atoms with van der Waals surface area (Å²) in [4.78, 5) is 22.7. The molecule has 0 spiro atoms. The summed E-state index contributed by atoms with van der Waals surface area (Å²) in [6, 6.07) is -0.699. The Morgan fingerprint density at radius 2 is 2.21 bits per heavy atom. The smallest absolute Gasteiger partial charge is 0.315 e. The molecule has 6 nitrogen and oxygen atoms in total. The monoisotopic (exact) mass is 290 g/mol. The lowest BCUT2D eigenvalue weighted by molar-refractivity contribution is -0.142. The fourth-order valence-corrected chi connectivity index (χ4v) is 2.66. The molecule has 0 aromatic carbocycles. The molecule has 2 amide bonds. The van der Waals surface area contributed by atoms with Gasteiger partial charge in [0.15, 0.2) is 0 Å². The van der Waals surface area contributed by atoms with Crippen molar-refractivity contribution >= 4 is 23.8 Å². The summed E-state index contributed by atoms with van der Waals surface area (Å²) in [5.74, 6) is 0.479. The highest BCUT2D eigenvalue weighted by atomic mass is 32.2. The standard InChI is InChI=1S/C12H22N2O4S/c1-3-19-5-4-8(2)13-12(17)14-10-7-18-6-9(10)11(15)16/h8-10H,3-7H2,1-2H3,(H,15,16)(H2,13,14,17). The van der Waals surface area contributed by atoms with Crippen LogP contribution in [-0.4, -0.2) is 53.9 Å². The van der Waals surface area contributed by atoms with Crippen LogP contribution in [-0.2, 0) is 9.53 Å². The number of thioether (sulfide) groups is 1. The van der Waals surface area contributed by atoms with E-state index in [0.717, 1.165) is 17.9 Å². The van der Waals surface area contributed by atoms with E-state index in [1.165, 1.54) is 0 Å². The summed E-state index contributed by atoms with van der Waals surface area (Å²) >= 11 is 1.83. The van der Waals surface area contributed by atoms with Crippen molar-refractivity contribution in [3.8, 4) is 0 Å². The summed E-state index contributed by atoms with van der Waals surface area (Å²) in [5, 5.41) is 14.4. The zero-order valence-electron chi connectivity index (χ0n) is 11.3. The molecule has 3 unspecified atom stereocenters. The van der Waals surface area contributed by atoms with Crippen LogP contribution in [0.4, 0.5) is 4.79 Å². The summed E-state index contributed by atoms with van der Waals surface area (Å²) in [5.41, 5.74) is 0. The largest absolute Gasteiger partial charge is 0.481 e. The highest BCUT2D eigenvalue weighted by Crippen LogP contribution is 2.13. The van der Waals surface area contributed by atoms with Crippen LogP contribution in [0.1, 0.15) is 20.3 Å². The molecule has 7 heteroatoms. The quantitative estimate of drug-likeness (QED) is 0.607. The number of carbonyl (C=O) groups is 2. The zero-order valence-corrected chi connectivity index (χ0v) is 12.2. The maximum Gasteiger partial charge on any atom is 0.315 e. The first-order valence-corrected chi connectivity index (χ1v) is 7.65. The second-order valence-corrected chi connectivity index (χ2v) is 5.99. The molecule has 0 aromatic rings. The van der Waals surface area contributed by atoms with Gasteiger partial charge in [-0.3, -0.25) is 4.79 Å². The average molecular weight is 290 g/mol. The predicted octanol–water partition coefficient (Wildman–Crippen LogP) is 0.917. The third kappa shape index (κ3) is 5.69. The average Bonchev–Trinajstić information content (AvgIpc) is 2.77. The molecule has 1 heterocycles. The second kappa shape index (κ2) is 8.27. The van der Waals surface area contributed by atoms with Gasteiger partial charge in [-0.05, 0) is 24.9 Å². The molecule has 1 aliphatic heterocycles. The number of carboxylic acid groups (broad SMARTS) is 1. The van der Waals surface area contributed by atoms with Crippen LogP contribution in [0, 0.1) is 5.92 Å². The minimum atomic E-state index is -0.935. The van der Waals surface area contributed by atoms with Gasteiger partial charge in [-0.1, -0.05) is 6.92 Å². The van der Waals surface area contributed by atoms with E-state index in [1.54, 1.807) is 0 Å². The zero-order chi connectivity index (χ0) is 14.3. The molecule has 3 N–H and O–H groups in total. The van der Waals surface area contributed by atoms with Crippen LogP contribution in [0.5, 0.6) is 0 Å². The lowest BCUT2D eigenvalue weighted by Crippen LogP contribution is -2.49. The molecule has 0 saturated carbocycles. The Labute approximate surface area is 117 Å². The predicted molar refractivity (Wildman–Crippen MR) is 74.5 cm³/mol. The highest BCUT2D eigenvalue weighted by molar-refractivity contribution is 7.99. The maximum absolute atomic E-state index is 11.7. The molecule has 0 aliphatic carbocycles. The molecular formula is C12H22N2O4S. The first-order valence-electron chi connectivity index (χ1n) is 6.50. The second-order valence-electron chi connectivity index (χ2n) is 4.59. The van der Waals surface area contributed by atoms with Crippen molar-refractivity contribution in [2.24, 2.45) is 5.92 Å². The Kier molecular flexibility index (Phi) is 7.01. The number of rotatable bonds is 7. The van der Waals surface area contributed by atoms with Crippen molar-refractivity contribution in [3.63, 3.8) is 0 Å². The maximum atomic E-state index is 11.7. The van der Waals surface area contributed by atoms with Gasteiger partial charge in [0.25, 0.3) is 0 Å². The first-order chi connectivity index (χ1) is 9.04. The Morgan fingerprint density at radius 3 is 2.84 bits per heavy atom. The molecule has 1 aliphatic rings. The van der Waals surface area contributed by atoms with Crippen LogP contribution in [0.15, 0.2) is 0 Å². The van der Waals surface area contributed by atoms with Crippen molar-refractivity contribution in [1.82, 2.24) is 10.6 Å². The highest BCUT2D eigenvalue weighted by Gasteiger charge is 2.35. The molecule has 19 heavy (non-hydrogen) atoms. The van der Waals surface area contributed by atoms with Gasteiger partial charge in [-0.25, -0.2) is 4.79 Å². The molecule has 1 saturated heterocycles. The number of ether oxygens (including phenoxy) is 1. The summed E-state index contributed by atoms with van der Waals surface area (Å²) in [6.07, 6.45) is 0.898. The van der Waals surface area contributed by atoms with Gasteiger partial charge in [-0.15, -0.1) is 0 Å². The van der Waals surface area contributed by atoms with Crippen LogP contribution in [0.3, 0.4) is 0 Å². The fourth-order valence-electron chi connectivity index (χ4n) is 1.85. The molecule has 1 rings (SSSR count). The lowest BCUT2D eigenvalue weighted by atomic mass is 10.0. The third-order valence-electron chi connectivity index (χ3n) is 2.99. The van der Waals surface area contributed by atoms with E-state index < -0.39 is 17.9 Å². The number of carboxylic acids is 1. The number of urea groups is 1. The van der Waals surface area contributed by atoms with E-state index in [4.69, 9.17) is 9.84 Å². The number of nitrogens with one attached hydrogen (secondary N) is 2. The van der Waals surface area contributed by atoms with Crippen LogP contribution < -0.4 is 10.6 Å². The summed E-state index contributed by atoms with van der Waals surface area (Å²) in [6.45, 7) is 4.45. The first kappa shape index (κ1) is 16.1. The lowest BCUT2D eigenvalue weighted by Gasteiger charge is -2.19. The molecule has 110 valence electrons. The topological polar surface area (TPSA) is 87.7 Å². The molecule has 3 atom stereocenters. The van der Waals surface area contributed by atoms with Gasteiger partial charge < -0.3 is 20.5 Å². The minimum absolute atomic E-state index is 0.0737. The van der Waals surface area contributed by atoms with Gasteiger partial charge in [0, 0.05) is 6.04 Å². The Bertz CT molecular complexity index is 314. The van der Waals surface area contributed by atoms with E-state index in [-0.39, 0.29) is 25.3 Å². The van der Waals surface area contributed by atoms with Gasteiger partial charge >= 0.3 is 12.0 Å². The summed E-state index contributed by atoms with van der Waals surface area (Å²) < 4.78 is 5.09. The van der Waals surface area contributed by atoms with Crippen molar-refractivity contribution in [3.05, 3.63) is 0 Å². The van der Waals surface area contributed by atoms with Gasteiger partial charge in [0.1, 0.15) is 5.92 Å². The number of aliphatic carboxylic acids is 1. The molecular weight excluding hydrogens is 268 g/mol. The Balaban J connectivity index is 2.28. The van der Waals surface area contributed by atoms with E-state index in [1.807, 2.05) is 18.7 Å². The van der Waals surface area contributed by atoms with E-state index in [9.17, 15) is 9.59 Å². The van der Waals surface area contributed by atoms with Crippen molar-refractivity contribution in [2.45, 2.75) is 32.4 Å². The Hall–Kier alpha value is -0.950. The van der Waals surface area contributed by atoms with Crippen LogP contribution >= 0.6 is 11.8 Å². The van der Waals surface area contributed by atoms with Gasteiger partial charge in [0.05, 0.1) is 19.3 Å². The molecule has 1 fully saturated rings. The summed E-state index contributed by atoms with van der Waals surface area (Å²) in [7, 11) is 0. The molecule has 0 bridgehead atoms. The number of hydrogen-bond acceptors (Lipinski definition) is 4. The normalized spacial score (nSPS) is 23.9. The van der Waals surface area contributed by atoms with Crippen LogP contribution in [0.25, 0.3) is 0 Å². The van der Waals surface area contributed by atoms with E-state index in [2.05, 4.69) is 17.6 Å². The van der Waals surface area contributed by atoms with Gasteiger partial charge in [-0.2, -0.15) is 11.8 Å². The fraction of sp³-hybridized carbons (Fsp3) is 0.833. The minimum Gasteiger partial charge on any atom is -0.481 e. The van der Waals surface area contributed by atoms with Crippen molar-refractivity contribution < 1.29 is 19.4 Å². The molecule has 0 radical (unpaired) electrons. The van der Waals surface area contributed by atoms with E-state index in [0.29, 0.717) is 0 Å². The van der Waals surface area contributed by atoms with Gasteiger partial charge in [0.2, 0.25) is 0 Å². The van der Waals surface area contributed by atoms with E-state index >= 15 is 0 Å². The van der Waals surface area contributed by atoms with Crippen molar-refractivity contribution in [1.29, 1.82) is 0 Å².